The van der Waals surface area contributed by atoms with Gasteiger partial charge in [0, 0.05) is 5.02 Å². The van der Waals surface area contributed by atoms with E-state index in [0.717, 1.165) is 22.9 Å². The van der Waals surface area contributed by atoms with Crippen molar-refractivity contribution in [1.29, 1.82) is 0 Å². The van der Waals surface area contributed by atoms with E-state index < -0.39 is 0 Å². The molecule has 3 nitrogen and oxygen atoms in total. The fourth-order valence-corrected chi connectivity index (χ4v) is 3.16. The van der Waals surface area contributed by atoms with Gasteiger partial charge >= 0.3 is 0 Å². The third-order valence-corrected chi connectivity index (χ3v) is 4.34. The van der Waals surface area contributed by atoms with Crippen molar-refractivity contribution in [1.82, 2.24) is 0 Å². The number of nitrogens with zero attached hydrogens (tertiary/aromatic N) is 1. The Bertz CT molecular complexity index is 784. The highest BCUT2D eigenvalue weighted by atomic mass is 35.5. The number of hydrogen-bond acceptors (Lipinski definition) is 3. The molecule has 1 aliphatic heterocycles. The van der Waals surface area contributed by atoms with Crippen LogP contribution in [0.15, 0.2) is 53.4 Å². The predicted octanol–water partition coefficient (Wildman–Crippen LogP) is 4.89. The number of rotatable bonds is 2. The number of amides is 2. The average Bonchev–Trinajstić information content (AvgIpc) is 2.75. The maximum Gasteiger partial charge on any atom is 0.298 e. The Balaban J connectivity index is 1.93. The van der Waals surface area contributed by atoms with Gasteiger partial charge in [-0.15, -0.1) is 0 Å². The van der Waals surface area contributed by atoms with Crippen LogP contribution in [0.2, 0.25) is 5.02 Å². The lowest BCUT2D eigenvalue weighted by Gasteiger charge is -2.12. The van der Waals surface area contributed by atoms with Gasteiger partial charge in [-0.25, -0.2) is 4.90 Å². The van der Waals surface area contributed by atoms with Crippen LogP contribution >= 0.6 is 23.4 Å². The second-order valence-electron chi connectivity index (χ2n) is 4.91. The van der Waals surface area contributed by atoms with Gasteiger partial charge in [-0.1, -0.05) is 41.4 Å². The molecular weight excluding hydrogens is 318 g/mol. The maximum absolute atomic E-state index is 12.5. The molecule has 1 fully saturated rings. The van der Waals surface area contributed by atoms with E-state index in [1.165, 1.54) is 4.90 Å². The lowest BCUT2D eigenvalue weighted by Crippen LogP contribution is -2.27. The van der Waals surface area contributed by atoms with Crippen molar-refractivity contribution in [3.63, 3.8) is 0 Å². The number of carbonyl (C=O) groups excluding carboxylic acids is 2. The summed E-state index contributed by atoms with van der Waals surface area (Å²) in [7, 11) is 0. The SMILES string of the molecule is Cc1cccc(/C=C2\SC(=O)N(c3ccc(Cl)cc3)C2=O)c1. The second kappa shape index (κ2) is 5.99. The van der Waals surface area contributed by atoms with Crippen LogP contribution in [0.1, 0.15) is 11.1 Å². The Morgan fingerprint density at radius 3 is 2.50 bits per heavy atom. The van der Waals surface area contributed by atoms with Crippen LogP contribution in [0.5, 0.6) is 0 Å². The fourth-order valence-electron chi connectivity index (χ4n) is 2.19. The number of carbonyl (C=O) groups is 2. The summed E-state index contributed by atoms with van der Waals surface area (Å²) in [5, 5.41) is 0.261. The summed E-state index contributed by atoms with van der Waals surface area (Å²) in [6.45, 7) is 1.98. The van der Waals surface area contributed by atoms with Gasteiger partial charge in [0.2, 0.25) is 0 Å². The summed E-state index contributed by atoms with van der Waals surface area (Å²) in [5.74, 6) is -0.307. The van der Waals surface area contributed by atoms with Crippen LogP contribution < -0.4 is 4.90 Å². The van der Waals surface area contributed by atoms with E-state index in [9.17, 15) is 9.59 Å². The highest BCUT2D eigenvalue weighted by molar-refractivity contribution is 8.19. The van der Waals surface area contributed by atoms with Gasteiger partial charge in [0.25, 0.3) is 11.1 Å². The van der Waals surface area contributed by atoms with E-state index in [0.29, 0.717) is 15.6 Å². The Labute approximate surface area is 137 Å². The van der Waals surface area contributed by atoms with E-state index in [2.05, 4.69) is 0 Å². The molecule has 2 amide bonds. The molecule has 0 aromatic heterocycles. The van der Waals surface area contributed by atoms with Gasteiger partial charge < -0.3 is 0 Å². The number of imide groups is 1. The first kappa shape index (κ1) is 14.9. The first-order valence-corrected chi connectivity index (χ1v) is 7.84. The maximum atomic E-state index is 12.5. The van der Waals surface area contributed by atoms with Gasteiger partial charge in [0.15, 0.2) is 0 Å². The number of anilines is 1. The quantitative estimate of drug-likeness (QED) is 0.736. The normalized spacial score (nSPS) is 16.6. The van der Waals surface area contributed by atoms with Crippen molar-refractivity contribution < 1.29 is 9.59 Å². The van der Waals surface area contributed by atoms with Gasteiger partial charge in [0.1, 0.15) is 0 Å². The molecule has 3 rings (SSSR count). The number of thioether (sulfide) groups is 1. The van der Waals surface area contributed by atoms with E-state index in [1.807, 2.05) is 31.2 Å². The molecule has 0 saturated carbocycles. The van der Waals surface area contributed by atoms with Gasteiger partial charge in [0.05, 0.1) is 10.6 Å². The lowest BCUT2D eigenvalue weighted by atomic mass is 10.1. The first-order valence-electron chi connectivity index (χ1n) is 6.65. The van der Waals surface area contributed by atoms with Gasteiger partial charge in [-0.3, -0.25) is 9.59 Å². The Hall–Kier alpha value is -2.04. The molecule has 0 N–H and O–H groups in total. The third-order valence-electron chi connectivity index (χ3n) is 3.22. The molecule has 1 saturated heterocycles. The zero-order valence-electron chi connectivity index (χ0n) is 11.7. The minimum Gasteiger partial charge on any atom is -0.268 e. The standard InChI is InChI=1S/C17H12ClNO2S/c1-11-3-2-4-12(9-11)10-15-16(20)19(17(21)22-15)14-7-5-13(18)6-8-14/h2-10H,1H3/b15-10-. The number of benzene rings is 2. The van der Waals surface area contributed by atoms with Crippen molar-refractivity contribution in [2.24, 2.45) is 0 Å². The molecule has 1 heterocycles. The largest absolute Gasteiger partial charge is 0.298 e. The van der Waals surface area contributed by atoms with E-state index in [-0.39, 0.29) is 11.1 Å². The van der Waals surface area contributed by atoms with Crippen molar-refractivity contribution in [2.45, 2.75) is 6.92 Å². The number of halogens is 1. The van der Waals surface area contributed by atoms with Crippen molar-refractivity contribution >= 4 is 46.3 Å². The number of aryl methyl sites for hydroxylation is 1. The summed E-state index contributed by atoms with van der Waals surface area (Å²) < 4.78 is 0. The first-order chi connectivity index (χ1) is 10.5. The summed E-state index contributed by atoms with van der Waals surface area (Å²) in [4.78, 5) is 26.2. The summed E-state index contributed by atoms with van der Waals surface area (Å²) in [6, 6.07) is 14.4. The van der Waals surface area contributed by atoms with Crippen LogP contribution in [0.3, 0.4) is 0 Å². The molecule has 0 spiro atoms. The van der Waals surface area contributed by atoms with Gasteiger partial charge in [-0.05, 0) is 54.6 Å². The van der Waals surface area contributed by atoms with E-state index in [1.54, 1.807) is 30.3 Å². The van der Waals surface area contributed by atoms with Crippen LogP contribution in [0.4, 0.5) is 10.5 Å². The third kappa shape index (κ3) is 2.93. The van der Waals surface area contributed by atoms with Crippen molar-refractivity contribution in [2.75, 3.05) is 4.90 Å². The highest BCUT2D eigenvalue weighted by Crippen LogP contribution is 2.36. The van der Waals surface area contributed by atoms with Crippen LogP contribution in [-0.2, 0) is 4.79 Å². The fraction of sp³-hybridized carbons (Fsp3) is 0.0588. The van der Waals surface area contributed by atoms with E-state index >= 15 is 0 Å². The molecule has 0 bridgehead atoms. The number of hydrogen-bond donors (Lipinski definition) is 0. The average molecular weight is 330 g/mol. The van der Waals surface area contributed by atoms with Crippen molar-refractivity contribution in [3.8, 4) is 0 Å². The molecule has 0 atom stereocenters. The highest BCUT2D eigenvalue weighted by Gasteiger charge is 2.36. The van der Waals surface area contributed by atoms with Crippen LogP contribution in [0.25, 0.3) is 6.08 Å². The van der Waals surface area contributed by atoms with Crippen LogP contribution in [0, 0.1) is 6.92 Å². The van der Waals surface area contributed by atoms with Gasteiger partial charge in [-0.2, -0.15) is 0 Å². The zero-order valence-corrected chi connectivity index (χ0v) is 13.3. The lowest BCUT2D eigenvalue weighted by molar-refractivity contribution is -0.113. The Kier molecular flexibility index (Phi) is 4.05. The van der Waals surface area contributed by atoms with Crippen molar-refractivity contribution in [3.05, 3.63) is 69.6 Å². The minimum atomic E-state index is -0.307. The molecule has 2 aromatic rings. The molecular formula is C17H12ClNO2S. The summed E-state index contributed by atoms with van der Waals surface area (Å²) in [5.41, 5.74) is 2.53. The molecule has 1 aliphatic rings. The molecule has 0 radical (unpaired) electrons. The smallest absolute Gasteiger partial charge is 0.268 e. The second-order valence-corrected chi connectivity index (χ2v) is 6.34. The molecule has 0 unspecified atom stereocenters. The molecule has 2 aromatic carbocycles. The van der Waals surface area contributed by atoms with E-state index in [4.69, 9.17) is 11.6 Å². The van der Waals surface area contributed by atoms with Crippen LogP contribution in [-0.4, -0.2) is 11.1 Å². The zero-order chi connectivity index (χ0) is 15.7. The Morgan fingerprint density at radius 1 is 1.09 bits per heavy atom. The monoisotopic (exact) mass is 329 g/mol. The molecule has 5 heteroatoms. The summed E-state index contributed by atoms with van der Waals surface area (Å²) in [6.07, 6.45) is 1.74. The molecule has 22 heavy (non-hydrogen) atoms. The topological polar surface area (TPSA) is 37.4 Å². The minimum absolute atomic E-state index is 0.300. The molecule has 0 aliphatic carbocycles. The molecule has 110 valence electrons. The summed E-state index contributed by atoms with van der Waals surface area (Å²) >= 11 is 6.78. The predicted molar refractivity (Wildman–Crippen MR) is 91.1 cm³/mol. The Morgan fingerprint density at radius 2 is 1.82 bits per heavy atom.